The van der Waals surface area contributed by atoms with Crippen LogP contribution in [0.3, 0.4) is 0 Å². The van der Waals surface area contributed by atoms with Crippen molar-refractivity contribution in [1.82, 2.24) is 9.88 Å². The fraction of sp³-hybridized carbons (Fsp3) is 0.294. The molecule has 0 bridgehead atoms. The Bertz CT molecular complexity index is 1090. The third-order valence-electron chi connectivity index (χ3n) is 3.81. The van der Waals surface area contributed by atoms with Crippen molar-refractivity contribution in [3.05, 3.63) is 40.8 Å². The summed E-state index contributed by atoms with van der Waals surface area (Å²) in [6, 6.07) is 8.03. The topological polar surface area (TPSA) is 83.7 Å². The van der Waals surface area contributed by atoms with E-state index < -0.39 is 9.84 Å². The summed E-state index contributed by atoms with van der Waals surface area (Å²) in [5.74, 6) is -0.0957. The SMILES string of the molecule is CN(C)CCN(C(=O)c1ccc(Br)o1)c1nc2ccc(S(C)(=O)=O)cc2s1. The van der Waals surface area contributed by atoms with Gasteiger partial charge in [0.15, 0.2) is 25.4 Å². The molecule has 2 heterocycles. The largest absolute Gasteiger partial charge is 0.444 e. The Morgan fingerprint density at radius 1 is 1.22 bits per heavy atom. The predicted molar refractivity (Wildman–Crippen MR) is 109 cm³/mol. The molecule has 2 aromatic heterocycles. The molecule has 0 fully saturated rings. The van der Waals surface area contributed by atoms with Gasteiger partial charge in [0.2, 0.25) is 0 Å². The number of rotatable bonds is 6. The highest BCUT2D eigenvalue weighted by atomic mass is 79.9. The maximum Gasteiger partial charge on any atom is 0.295 e. The van der Waals surface area contributed by atoms with E-state index in [-0.39, 0.29) is 16.6 Å². The van der Waals surface area contributed by atoms with E-state index in [0.717, 1.165) is 6.26 Å². The van der Waals surface area contributed by atoms with E-state index in [1.807, 2.05) is 19.0 Å². The van der Waals surface area contributed by atoms with Crippen LogP contribution < -0.4 is 4.90 Å². The number of likely N-dealkylation sites (N-methyl/N-ethyl adjacent to an activating group) is 1. The predicted octanol–water partition coefficient (Wildman–Crippen LogP) is 3.26. The number of carbonyl (C=O) groups excluding carboxylic acids is 1. The average Bonchev–Trinajstić information content (AvgIpc) is 3.19. The minimum absolute atomic E-state index is 0.205. The molecule has 0 unspecified atom stereocenters. The first-order valence-corrected chi connectivity index (χ1v) is 11.5. The first-order chi connectivity index (χ1) is 12.6. The van der Waals surface area contributed by atoms with Crippen LogP contribution in [0.25, 0.3) is 10.2 Å². The van der Waals surface area contributed by atoms with E-state index in [1.165, 1.54) is 17.4 Å². The summed E-state index contributed by atoms with van der Waals surface area (Å²) in [5.41, 5.74) is 0.644. The maximum atomic E-state index is 12.9. The van der Waals surface area contributed by atoms with Gasteiger partial charge in [0.25, 0.3) is 5.91 Å². The van der Waals surface area contributed by atoms with E-state index in [2.05, 4.69) is 20.9 Å². The second-order valence-electron chi connectivity index (χ2n) is 6.26. The Hall–Kier alpha value is -1.75. The highest BCUT2D eigenvalue weighted by Crippen LogP contribution is 2.31. The van der Waals surface area contributed by atoms with Gasteiger partial charge in [-0.25, -0.2) is 13.4 Å². The summed E-state index contributed by atoms with van der Waals surface area (Å²) in [6.45, 7) is 1.06. The van der Waals surface area contributed by atoms with Crippen LogP contribution in [0.2, 0.25) is 0 Å². The molecule has 7 nitrogen and oxygen atoms in total. The van der Waals surface area contributed by atoms with Gasteiger partial charge in [-0.3, -0.25) is 9.69 Å². The molecule has 27 heavy (non-hydrogen) atoms. The van der Waals surface area contributed by atoms with Gasteiger partial charge in [0.05, 0.1) is 15.1 Å². The standard InChI is InChI=1S/C17H18BrN3O4S2/c1-20(2)8-9-21(16(22)13-6-7-15(18)25-13)17-19-12-5-4-11(27(3,23)24)10-14(12)26-17/h4-7,10H,8-9H2,1-3H3. The van der Waals surface area contributed by atoms with Crippen LogP contribution in [0.15, 0.2) is 44.3 Å². The van der Waals surface area contributed by atoms with Crippen molar-refractivity contribution in [2.24, 2.45) is 0 Å². The van der Waals surface area contributed by atoms with Crippen molar-refractivity contribution in [3.63, 3.8) is 0 Å². The van der Waals surface area contributed by atoms with Crippen molar-refractivity contribution in [3.8, 4) is 0 Å². The Labute approximate surface area is 169 Å². The highest BCUT2D eigenvalue weighted by molar-refractivity contribution is 9.10. The first kappa shape index (κ1) is 20.0. The fourth-order valence-electron chi connectivity index (χ4n) is 2.39. The summed E-state index contributed by atoms with van der Waals surface area (Å²) < 4.78 is 30.2. The fourth-order valence-corrected chi connectivity index (χ4v) is 4.44. The molecule has 3 aromatic rings. The van der Waals surface area contributed by atoms with E-state index in [9.17, 15) is 13.2 Å². The number of furan rings is 1. The Morgan fingerprint density at radius 3 is 2.56 bits per heavy atom. The smallest absolute Gasteiger partial charge is 0.295 e. The second-order valence-corrected chi connectivity index (χ2v) is 10.1. The first-order valence-electron chi connectivity index (χ1n) is 7.98. The normalized spacial score (nSPS) is 12.0. The zero-order valence-corrected chi connectivity index (χ0v) is 18.2. The van der Waals surface area contributed by atoms with Gasteiger partial charge >= 0.3 is 0 Å². The molecule has 0 aliphatic rings. The molecule has 0 atom stereocenters. The van der Waals surface area contributed by atoms with Gasteiger partial charge in [-0.1, -0.05) is 11.3 Å². The molecular formula is C17H18BrN3O4S2. The lowest BCUT2D eigenvalue weighted by molar-refractivity contribution is 0.0957. The molecule has 1 amide bonds. The molecule has 1 aromatic carbocycles. The van der Waals surface area contributed by atoms with E-state index in [1.54, 1.807) is 29.2 Å². The van der Waals surface area contributed by atoms with Gasteiger partial charge in [-0.15, -0.1) is 0 Å². The number of halogens is 1. The van der Waals surface area contributed by atoms with Gasteiger partial charge in [0.1, 0.15) is 0 Å². The summed E-state index contributed by atoms with van der Waals surface area (Å²) in [6.07, 6.45) is 1.16. The zero-order chi connectivity index (χ0) is 19.8. The molecule has 0 saturated carbocycles. The molecule has 0 saturated heterocycles. The minimum Gasteiger partial charge on any atom is -0.444 e. The molecule has 144 valence electrons. The Kier molecular flexibility index (Phi) is 5.71. The third kappa shape index (κ3) is 4.57. The number of carbonyl (C=O) groups is 1. The Morgan fingerprint density at radius 2 is 1.96 bits per heavy atom. The molecular weight excluding hydrogens is 454 g/mol. The van der Waals surface area contributed by atoms with Crippen LogP contribution in [0.5, 0.6) is 0 Å². The number of nitrogens with zero attached hydrogens (tertiary/aromatic N) is 3. The number of thiazole rings is 1. The lowest BCUT2D eigenvalue weighted by atomic mass is 10.3. The molecule has 10 heteroatoms. The van der Waals surface area contributed by atoms with Crippen molar-refractivity contribution >= 4 is 58.4 Å². The number of anilines is 1. The number of sulfone groups is 1. The molecule has 0 N–H and O–H groups in total. The van der Waals surface area contributed by atoms with Gasteiger partial charge in [0, 0.05) is 19.3 Å². The van der Waals surface area contributed by atoms with E-state index in [4.69, 9.17) is 4.42 Å². The number of benzene rings is 1. The quantitative estimate of drug-likeness (QED) is 0.548. The van der Waals surface area contributed by atoms with Crippen LogP contribution in [0.4, 0.5) is 5.13 Å². The van der Waals surface area contributed by atoms with Crippen LogP contribution in [-0.4, -0.2) is 57.6 Å². The number of aromatic nitrogens is 1. The average molecular weight is 472 g/mol. The molecule has 0 aliphatic carbocycles. The van der Waals surface area contributed by atoms with E-state index in [0.29, 0.717) is 33.1 Å². The molecule has 0 radical (unpaired) electrons. The van der Waals surface area contributed by atoms with Crippen molar-refractivity contribution in [2.75, 3.05) is 38.3 Å². The highest BCUT2D eigenvalue weighted by Gasteiger charge is 2.24. The number of hydrogen-bond donors (Lipinski definition) is 0. The second kappa shape index (κ2) is 7.70. The van der Waals surface area contributed by atoms with Crippen molar-refractivity contribution < 1.29 is 17.6 Å². The summed E-state index contributed by atoms with van der Waals surface area (Å²) in [5, 5.41) is 0.495. The van der Waals surface area contributed by atoms with Crippen LogP contribution >= 0.6 is 27.3 Å². The van der Waals surface area contributed by atoms with Crippen molar-refractivity contribution in [2.45, 2.75) is 4.90 Å². The lowest BCUT2D eigenvalue weighted by Crippen LogP contribution is -2.36. The summed E-state index contributed by atoms with van der Waals surface area (Å²) in [4.78, 5) is 21.2. The monoisotopic (exact) mass is 471 g/mol. The maximum absolute atomic E-state index is 12.9. The van der Waals surface area contributed by atoms with Gasteiger partial charge in [-0.05, 0) is 60.4 Å². The lowest BCUT2D eigenvalue weighted by Gasteiger charge is -2.20. The summed E-state index contributed by atoms with van der Waals surface area (Å²) >= 11 is 4.48. The number of amides is 1. The molecule has 3 rings (SSSR count). The minimum atomic E-state index is -3.31. The third-order valence-corrected chi connectivity index (χ3v) is 6.39. The number of hydrogen-bond acceptors (Lipinski definition) is 7. The molecule has 0 aliphatic heterocycles. The number of fused-ring (bicyclic) bond motifs is 1. The van der Waals surface area contributed by atoms with Crippen LogP contribution in [0.1, 0.15) is 10.6 Å². The van der Waals surface area contributed by atoms with Gasteiger partial charge < -0.3 is 9.32 Å². The van der Waals surface area contributed by atoms with E-state index >= 15 is 0 Å². The summed E-state index contributed by atoms with van der Waals surface area (Å²) in [7, 11) is 0.527. The van der Waals surface area contributed by atoms with Crippen LogP contribution in [-0.2, 0) is 9.84 Å². The van der Waals surface area contributed by atoms with Gasteiger partial charge in [-0.2, -0.15) is 0 Å². The van der Waals surface area contributed by atoms with Crippen molar-refractivity contribution in [1.29, 1.82) is 0 Å². The zero-order valence-electron chi connectivity index (χ0n) is 15.0. The Balaban J connectivity index is 2.01. The van der Waals surface area contributed by atoms with Crippen LogP contribution in [0, 0.1) is 0 Å². The molecule has 0 spiro atoms.